The lowest BCUT2D eigenvalue weighted by Gasteiger charge is -2.14. The Morgan fingerprint density at radius 1 is 0.970 bits per heavy atom. The third kappa shape index (κ3) is 5.80. The van der Waals surface area contributed by atoms with Gasteiger partial charge >= 0.3 is 0 Å². The summed E-state index contributed by atoms with van der Waals surface area (Å²) in [5.41, 5.74) is 2.69. The molecule has 0 N–H and O–H groups in total. The van der Waals surface area contributed by atoms with E-state index in [0.717, 1.165) is 16.7 Å². The summed E-state index contributed by atoms with van der Waals surface area (Å²) in [5.74, 6) is 0.763. The van der Waals surface area contributed by atoms with E-state index in [1.807, 2.05) is 61.5 Å². The van der Waals surface area contributed by atoms with Gasteiger partial charge in [-0.25, -0.2) is 4.39 Å². The molecular formula is C26H22FNO3S2. The third-order valence-electron chi connectivity index (χ3n) is 4.93. The van der Waals surface area contributed by atoms with Crippen LogP contribution >= 0.6 is 24.0 Å². The van der Waals surface area contributed by atoms with Crippen molar-refractivity contribution in [3.05, 3.63) is 100 Å². The third-order valence-corrected chi connectivity index (χ3v) is 6.31. The van der Waals surface area contributed by atoms with Crippen LogP contribution < -0.4 is 9.47 Å². The fourth-order valence-electron chi connectivity index (χ4n) is 3.30. The van der Waals surface area contributed by atoms with Crippen molar-refractivity contribution in [1.29, 1.82) is 0 Å². The van der Waals surface area contributed by atoms with Crippen molar-refractivity contribution in [2.24, 2.45) is 0 Å². The number of thioether (sulfide) groups is 1. The molecule has 0 saturated carbocycles. The predicted octanol–water partition coefficient (Wildman–Crippen LogP) is 6.20. The van der Waals surface area contributed by atoms with Gasteiger partial charge in [0, 0.05) is 0 Å². The first-order valence-corrected chi connectivity index (χ1v) is 11.7. The first-order valence-electron chi connectivity index (χ1n) is 10.5. The summed E-state index contributed by atoms with van der Waals surface area (Å²) in [6.07, 6.45) is 1.82. The van der Waals surface area contributed by atoms with Crippen LogP contribution in [-0.4, -0.2) is 21.7 Å². The average Bonchev–Trinajstić information content (AvgIpc) is 3.08. The molecule has 3 aromatic rings. The largest absolute Gasteiger partial charge is 0.490 e. The van der Waals surface area contributed by atoms with Crippen LogP contribution in [0.4, 0.5) is 4.39 Å². The minimum Gasteiger partial charge on any atom is -0.490 e. The summed E-state index contributed by atoms with van der Waals surface area (Å²) in [7, 11) is 0. The van der Waals surface area contributed by atoms with Crippen molar-refractivity contribution >= 4 is 40.3 Å². The van der Waals surface area contributed by atoms with Crippen molar-refractivity contribution < 1.29 is 18.7 Å². The summed E-state index contributed by atoms with van der Waals surface area (Å²) in [5, 5.41) is 0. The van der Waals surface area contributed by atoms with E-state index in [2.05, 4.69) is 0 Å². The number of halogens is 1. The summed E-state index contributed by atoms with van der Waals surface area (Å²) < 4.78 is 25.3. The highest BCUT2D eigenvalue weighted by Crippen LogP contribution is 2.35. The second-order valence-corrected chi connectivity index (χ2v) is 8.98. The minimum absolute atomic E-state index is 0.108. The van der Waals surface area contributed by atoms with E-state index < -0.39 is 0 Å². The van der Waals surface area contributed by atoms with Gasteiger partial charge in [-0.2, -0.15) is 0 Å². The second kappa shape index (κ2) is 10.6. The van der Waals surface area contributed by atoms with E-state index in [4.69, 9.17) is 21.7 Å². The number of hydrogen-bond acceptors (Lipinski definition) is 5. The monoisotopic (exact) mass is 479 g/mol. The van der Waals surface area contributed by atoms with E-state index >= 15 is 0 Å². The predicted molar refractivity (Wildman–Crippen MR) is 134 cm³/mol. The van der Waals surface area contributed by atoms with Crippen molar-refractivity contribution in [1.82, 2.24) is 4.90 Å². The Balaban J connectivity index is 1.50. The van der Waals surface area contributed by atoms with Gasteiger partial charge in [-0.05, 0) is 54.0 Å². The number of hydrogen-bond donors (Lipinski definition) is 0. The zero-order chi connectivity index (χ0) is 23.2. The molecule has 4 nitrogen and oxygen atoms in total. The molecule has 1 aliphatic rings. The number of benzene rings is 3. The van der Waals surface area contributed by atoms with Gasteiger partial charge in [-0.15, -0.1) is 0 Å². The summed E-state index contributed by atoms with van der Waals surface area (Å²) in [4.78, 5) is 15.1. The van der Waals surface area contributed by atoms with E-state index in [1.54, 1.807) is 17.0 Å². The maximum absolute atomic E-state index is 13.1. The molecule has 0 radical (unpaired) electrons. The zero-order valence-electron chi connectivity index (χ0n) is 18.0. The molecule has 7 heteroatoms. The number of ether oxygens (including phenoxy) is 2. The van der Waals surface area contributed by atoms with Crippen LogP contribution in [0.25, 0.3) is 6.08 Å². The van der Waals surface area contributed by atoms with Gasteiger partial charge in [-0.1, -0.05) is 72.5 Å². The van der Waals surface area contributed by atoms with Crippen LogP contribution in [0.15, 0.2) is 77.7 Å². The van der Waals surface area contributed by atoms with E-state index in [-0.39, 0.29) is 18.3 Å². The first kappa shape index (κ1) is 23.0. The van der Waals surface area contributed by atoms with Crippen molar-refractivity contribution in [2.45, 2.75) is 20.1 Å². The van der Waals surface area contributed by atoms with Crippen LogP contribution in [0.1, 0.15) is 23.6 Å². The van der Waals surface area contributed by atoms with Crippen molar-refractivity contribution in [2.75, 3.05) is 6.61 Å². The van der Waals surface area contributed by atoms with E-state index in [9.17, 15) is 9.18 Å². The average molecular weight is 480 g/mol. The molecule has 1 amide bonds. The van der Waals surface area contributed by atoms with Gasteiger partial charge in [0.25, 0.3) is 5.91 Å². The van der Waals surface area contributed by atoms with Crippen molar-refractivity contribution in [3.63, 3.8) is 0 Å². The summed E-state index contributed by atoms with van der Waals surface area (Å²) in [6.45, 7) is 3.10. The van der Waals surface area contributed by atoms with Gasteiger partial charge < -0.3 is 9.47 Å². The number of rotatable bonds is 8. The second-order valence-electron chi connectivity index (χ2n) is 7.31. The molecule has 1 heterocycles. The molecule has 0 spiro atoms. The molecule has 1 aliphatic heterocycles. The summed E-state index contributed by atoms with van der Waals surface area (Å²) >= 11 is 6.74. The number of carbonyl (C=O) groups is 1. The molecule has 1 saturated heterocycles. The molecule has 0 bridgehead atoms. The molecule has 0 unspecified atom stereocenters. The normalized spacial score (nSPS) is 14.7. The van der Waals surface area contributed by atoms with Crippen LogP contribution in [0.2, 0.25) is 0 Å². The maximum atomic E-state index is 13.1. The Labute approximate surface area is 202 Å². The SMILES string of the molecule is CCOc1cc(C=C2SC(=S)N(Cc3ccccc3)C2=O)ccc1OCc1ccc(F)cc1. The van der Waals surface area contributed by atoms with Gasteiger partial charge in [-0.3, -0.25) is 9.69 Å². The van der Waals surface area contributed by atoms with Crippen LogP contribution in [0.3, 0.4) is 0 Å². The summed E-state index contributed by atoms with van der Waals surface area (Å²) in [6, 6.07) is 21.5. The molecule has 4 rings (SSSR count). The molecule has 33 heavy (non-hydrogen) atoms. The standard InChI is InChI=1S/C26H22FNO3S2/c1-2-30-23-14-20(10-13-22(23)31-17-19-8-11-21(27)12-9-19)15-24-25(29)28(26(32)33-24)16-18-6-4-3-5-7-18/h3-15H,2,16-17H2,1H3. The number of thiocarbonyl (C=S) groups is 1. The fraction of sp³-hybridized carbons (Fsp3) is 0.154. The molecule has 0 aromatic heterocycles. The van der Waals surface area contributed by atoms with E-state index in [0.29, 0.717) is 33.9 Å². The van der Waals surface area contributed by atoms with E-state index in [1.165, 1.54) is 23.9 Å². The quantitative estimate of drug-likeness (QED) is 0.284. The molecule has 0 atom stereocenters. The van der Waals surface area contributed by atoms with Crippen LogP contribution in [0, 0.1) is 5.82 Å². The highest BCUT2D eigenvalue weighted by molar-refractivity contribution is 8.26. The topological polar surface area (TPSA) is 38.8 Å². The molecule has 0 aliphatic carbocycles. The molecule has 168 valence electrons. The number of nitrogens with zero attached hydrogens (tertiary/aromatic N) is 1. The molecule has 1 fully saturated rings. The van der Waals surface area contributed by atoms with Gasteiger partial charge in [0.1, 0.15) is 16.7 Å². The maximum Gasteiger partial charge on any atom is 0.266 e. The van der Waals surface area contributed by atoms with Gasteiger partial charge in [0.2, 0.25) is 0 Å². The zero-order valence-corrected chi connectivity index (χ0v) is 19.6. The smallest absolute Gasteiger partial charge is 0.266 e. The lowest BCUT2D eigenvalue weighted by Crippen LogP contribution is -2.27. The Bertz CT molecular complexity index is 1180. The Hall–Kier alpha value is -3.16. The minimum atomic E-state index is -0.285. The van der Waals surface area contributed by atoms with Crippen LogP contribution in [0.5, 0.6) is 11.5 Å². The Kier molecular flexibility index (Phi) is 7.42. The molecule has 3 aromatic carbocycles. The van der Waals surface area contributed by atoms with Crippen LogP contribution in [-0.2, 0) is 17.9 Å². The number of carbonyl (C=O) groups excluding carboxylic acids is 1. The first-order chi connectivity index (χ1) is 16.0. The Morgan fingerprint density at radius 3 is 2.45 bits per heavy atom. The fourth-order valence-corrected chi connectivity index (χ4v) is 4.55. The van der Waals surface area contributed by atoms with Gasteiger partial charge in [0.15, 0.2) is 11.5 Å². The highest BCUT2D eigenvalue weighted by Gasteiger charge is 2.32. The lowest BCUT2D eigenvalue weighted by molar-refractivity contribution is -0.122. The van der Waals surface area contributed by atoms with Gasteiger partial charge in [0.05, 0.1) is 18.1 Å². The molecular weight excluding hydrogens is 457 g/mol. The highest BCUT2D eigenvalue weighted by atomic mass is 32.2. The Morgan fingerprint density at radius 2 is 1.73 bits per heavy atom. The van der Waals surface area contributed by atoms with Crippen molar-refractivity contribution in [3.8, 4) is 11.5 Å². The lowest BCUT2D eigenvalue weighted by atomic mass is 10.1. The number of amides is 1.